The maximum atomic E-state index is 6.28. The fourth-order valence-corrected chi connectivity index (χ4v) is 3.08. The first-order chi connectivity index (χ1) is 8.49. The van der Waals surface area contributed by atoms with E-state index in [9.17, 15) is 0 Å². The lowest BCUT2D eigenvalue weighted by Gasteiger charge is -2.39. The lowest BCUT2D eigenvalue weighted by Crippen LogP contribution is -2.54. The van der Waals surface area contributed by atoms with Crippen LogP contribution in [0.3, 0.4) is 0 Å². The van der Waals surface area contributed by atoms with E-state index in [1.165, 1.54) is 0 Å². The lowest BCUT2D eigenvalue weighted by molar-refractivity contribution is 0.109. The molecular formula is C13H19Cl2N3. The van der Waals surface area contributed by atoms with Gasteiger partial charge in [-0.25, -0.2) is 4.98 Å². The van der Waals surface area contributed by atoms with Crippen molar-refractivity contribution in [2.45, 2.75) is 39.4 Å². The number of nitrogens with zero attached hydrogens (tertiary/aromatic N) is 2. The Balaban J connectivity index is 2.23. The minimum Gasteiger partial charge on any atom is -0.314 e. The fraction of sp³-hybridized carbons (Fsp3) is 0.615. The first-order valence-electron chi connectivity index (χ1n) is 6.27. The number of hydrogen-bond donors (Lipinski definition) is 1. The highest BCUT2D eigenvalue weighted by Crippen LogP contribution is 2.27. The second-order valence-corrected chi connectivity index (χ2v) is 5.81. The van der Waals surface area contributed by atoms with Gasteiger partial charge in [-0.1, -0.05) is 23.2 Å². The van der Waals surface area contributed by atoms with Crippen molar-refractivity contribution in [1.29, 1.82) is 0 Å². The molecule has 0 aromatic carbocycles. The van der Waals surface area contributed by atoms with Gasteiger partial charge in [0.2, 0.25) is 0 Å². The minimum atomic E-state index is 0.474. The van der Waals surface area contributed by atoms with Crippen molar-refractivity contribution in [3.8, 4) is 0 Å². The van der Waals surface area contributed by atoms with E-state index < -0.39 is 0 Å². The normalized spacial score (nSPS) is 25.4. The Bertz CT molecular complexity index is 403. The standard InChI is InChI=1S/C13H19Cl2N3/c1-8-4-12(14)11(13(15)17-8)7-18-9(2)5-16-6-10(18)3/h4,9-10,16H,5-7H2,1-3H3. The maximum absolute atomic E-state index is 6.28. The molecule has 1 fully saturated rings. The Morgan fingerprint density at radius 1 is 1.33 bits per heavy atom. The zero-order valence-corrected chi connectivity index (χ0v) is 12.5. The summed E-state index contributed by atoms with van der Waals surface area (Å²) in [5.41, 5.74) is 1.79. The van der Waals surface area contributed by atoms with Gasteiger partial charge in [0.05, 0.1) is 0 Å². The molecule has 1 saturated heterocycles. The van der Waals surface area contributed by atoms with E-state index in [0.29, 0.717) is 22.3 Å². The van der Waals surface area contributed by atoms with Gasteiger partial charge >= 0.3 is 0 Å². The lowest BCUT2D eigenvalue weighted by atomic mass is 10.1. The van der Waals surface area contributed by atoms with Crippen molar-refractivity contribution in [2.75, 3.05) is 13.1 Å². The Morgan fingerprint density at radius 3 is 2.50 bits per heavy atom. The van der Waals surface area contributed by atoms with Crippen LogP contribution >= 0.6 is 23.2 Å². The van der Waals surface area contributed by atoms with Gasteiger partial charge < -0.3 is 5.32 Å². The second-order valence-electron chi connectivity index (χ2n) is 5.04. The average Bonchev–Trinajstić information content (AvgIpc) is 2.26. The molecule has 1 aliphatic heterocycles. The molecule has 3 nitrogen and oxygen atoms in total. The van der Waals surface area contributed by atoms with Crippen molar-refractivity contribution < 1.29 is 0 Å². The molecule has 2 unspecified atom stereocenters. The molecule has 1 N–H and O–H groups in total. The number of rotatable bonds is 2. The summed E-state index contributed by atoms with van der Waals surface area (Å²) in [4.78, 5) is 6.71. The van der Waals surface area contributed by atoms with E-state index in [1.807, 2.05) is 13.0 Å². The molecule has 2 atom stereocenters. The molecule has 2 heterocycles. The van der Waals surface area contributed by atoms with Crippen LogP contribution in [-0.2, 0) is 6.54 Å². The number of aromatic nitrogens is 1. The number of halogens is 2. The van der Waals surface area contributed by atoms with Crippen LogP contribution in [0.4, 0.5) is 0 Å². The quantitative estimate of drug-likeness (QED) is 0.848. The highest BCUT2D eigenvalue weighted by atomic mass is 35.5. The Morgan fingerprint density at radius 2 is 1.94 bits per heavy atom. The monoisotopic (exact) mass is 287 g/mol. The van der Waals surface area contributed by atoms with Gasteiger partial charge in [0.1, 0.15) is 5.15 Å². The molecule has 5 heteroatoms. The first-order valence-corrected chi connectivity index (χ1v) is 7.02. The third-order valence-corrected chi connectivity index (χ3v) is 4.15. The predicted molar refractivity (Wildman–Crippen MR) is 76.3 cm³/mol. The Labute approximate surface area is 118 Å². The van der Waals surface area contributed by atoms with Gasteiger partial charge in [-0.05, 0) is 26.8 Å². The summed E-state index contributed by atoms with van der Waals surface area (Å²) < 4.78 is 0. The van der Waals surface area contributed by atoms with Gasteiger partial charge in [0, 0.05) is 48.0 Å². The Kier molecular flexibility index (Phi) is 4.49. The summed E-state index contributed by atoms with van der Waals surface area (Å²) >= 11 is 12.5. The van der Waals surface area contributed by atoms with Gasteiger partial charge in [-0.15, -0.1) is 0 Å². The van der Waals surface area contributed by atoms with Crippen molar-refractivity contribution in [3.05, 3.63) is 27.5 Å². The number of pyridine rings is 1. The fourth-order valence-electron chi connectivity index (χ4n) is 2.43. The molecule has 18 heavy (non-hydrogen) atoms. The van der Waals surface area contributed by atoms with E-state index in [0.717, 1.165) is 30.9 Å². The molecule has 0 saturated carbocycles. The smallest absolute Gasteiger partial charge is 0.135 e. The molecule has 0 radical (unpaired) electrons. The summed E-state index contributed by atoms with van der Waals surface area (Å²) in [7, 11) is 0. The van der Waals surface area contributed by atoms with E-state index in [4.69, 9.17) is 23.2 Å². The zero-order chi connectivity index (χ0) is 13.3. The molecule has 1 aliphatic rings. The van der Waals surface area contributed by atoms with Crippen LogP contribution in [-0.4, -0.2) is 35.1 Å². The summed E-state index contributed by atoms with van der Waals surface area (Å²) in [6.45, 7) is 9.09. The molecule has 0 amide bonds. The van der Waals surface area contributed by atoms with Crippen molar-refractivity contribution in [3.63, 3.8) is 0 Å². The number of nitrogens with one attached hydrogen (secondary N) is 1. The van der Waals surface area contributed by atoms with E-state index in [1.54, 1.807) is 0 Å². The van der Waals surface area contributed by atoms with Gasteiger partial charge in [-0.3, -0.25) is 4.90 Å². The molecule has 0 bridgehead atoms. The van der Waals surface area contributed by atoms with Crippen LogP contribution in [0, 0.1) is 6.92 Å². The predicted octanol–water partition coefficient (Wildman–Crippen LogP) is 2.88. The molecule has 100 valence electrons. The molecule has 0 aliphatic carbocycles. The molecule has 1 aromatic rings. The van der Waals surface area contributed by atoms with Crippen LogP contribution in [0.2, 0.25) is 10.2 Å². The van der Waals surface area contributed by atoms with Crippen LogP contribution in [0.1, 0.15) is 25.1 Å². The Hall–Kier alpha value is -0.350. The van der Waals surface area contributed by atoms with E-state index in [-0.39, 0.29) is 0 Å². The zero-order valence-electron chi connectivity index (χ0n) is 11.0. The third-order valence-electron chi connectivity index (χ3n) is 3.50. The molecule has 2 rings (SSSR count). The van der Waals surface area contributed by atoms with Crippen molar-refractivity contribution >= 4 is 23.2 Å². The van der Waals surface area contributed by atoms with Crippen LogP contribution in [0.5, 0.6) is 0 Å². The third kappa shape index (κ3) is 2.97. The van der Waals surface area contributed by atoms with E-state index >= 15 is 0 Å². The van der Waals surface area contributed by atoms with Gasteiger partial charge in [-0.2, -0.15) is 0 Å². The average molecular weight is 288 g/mol. The maximum Gasteiger partial charge on any atom is 0.135 e. The highest BCUT2D eigenvalue weighted by Gasteiger charge is 2.26. The molecule has 0 spiro atoms. The van der Waals surface area contributed by atoms with E-state index in [2.05, 4.69) is 29.0 Å². The largest absolute Gasteiger partial charge is 0.314 e. The number of hydrogen-bond acceptors (Lipinski definition) is 3. The summed E-state index contributed by atoms with van der Waals surface area (Å²) in [5.74, 6) is 0. The summed E-state index contributed by atoms with van der Waals surface area (Å²) in [5, 5.41) is 4.65. The molecular weight excluding hydrogens is 269 g/mol. The second kappa shape index (κ2) is 5.74. The van der Waals surface area contributed by atoms with Crippen LogP contribution < -0.4 is 5.32 Å². The summed E-state index contributed by atoms with van der Waals surface area (Å²) in [6.07, 6.45) is 0. The number of aryl methyl sites for hydroxylation is 1. The van der Waals surface area contributed by atoms with Crippen LogP contribution in [0.25, 0.3) is 0 Å². The van der Waals surface area contributed by atoms with Gasteiger partial charge in [0.25, 0.3) is 0 Å². The minimum absolute atomic E-state index is 0.474. The number of piperazine rings is 1. The first kappa shape index (κ1) is 14.1. The highest BCUT2D eigenvalue weighted by molar-refractivity contribution is 6.35. The SMILES string of the molecule is Cc1cc(Cl)c(CN2C(C)CNCC2C)c(Cl)n1. The topological polar surface area (TPSA) is 28.2 Å². The summed E-state index contributed by atoms with van der Waals surface area (Å²) in [6, 6.07) is 2.82. The molecule has 1 aromatic heterocycles. The van der Waals surface area contributed by atoms with Gasteiger partial charge in [0.15, 0.2) is 0 Å². The van der Waals surface area contributed by atoms with Crippen molar-refractivity contribution in [1.82, 2.24) is 15.2 Å². The van der Waals surface area contributed by atoms with Crippen LogP contribution in [0.15, 0.2) is 6.07 Å². The van der Waals surface area contributed by atoms with Crippen molar-refractivity contribution in [2.24, 2.45) is 0 Å².